The van der Waals surface area contributed by atoms with Crippen molar-refractivity contribution in [1.29, 1.82) is 0 Å². The summed E-state index contributed by atoms with van der Waals surface area (Å²) < 4.78 is 40.4. The van der Waals surface area contributed by atoms with Gasteiger partial charge in [-0.15, -0.1) is 0 Å². The van der Waals surface area contributed by atoms with E-state index in [-0.39, 0.29) is 23.0 Å². The Kier molecular flexibility index (Phi) is 6.91. The van der Waals surface area contributed by atoms with Crippen LogP contribution in [0.4, 0.5) is 14.6 Å². The number of aromatic nitrogens is 4. The predicted octanol–water partition coefficient (Wildman–Crippen LogP) is 5.48. The highest BCUT2D eigenvalue weighted by Crippen LogP contribution is 2.31. The van der Waals surface area contributed by atoms with Crippen LogP contribution in [0.5, 0.6) is 11.6 Å². The second-order valence-corrected chi connectivity index (χ2v) is 11.1. The minimum absolute atomic E-state index is 0.00364. The Balaban J connectivity index is 1.12. The van der Waals surface area contributed by atoms with Crippen molar-refractivity contribution in [3.8, 4) is 17.3 Å². The zero-order valence-corrected chi connectivity index (χ0v) is 23.6. The standard InChI is InChI=1S/C32H30F2N6O3/c1-18-11-29(43-31-24(33)3-2-4-25(31)34)36-16-28(18)40-32(35)23(15-37-40)30(41)27-13-20-12-19-5-8-39(22-6-9-42-10-7-22)17-21(19)14-26(20)38-27/h2-4,11-16,22,38H,5-10,17,35H2,1H3. The summed E-state index contributed by atoms with van der Waals surface area (Å²) in [5.41, 5.74) is 11.7. The van der Waals surface area contributed by atoms with Gasteiger partial charge in [0.1, 0.15) is 5.82 Å². The lowest BCUT2D eigenvalue weighted by Gasteiger charge is -2.37. The van der Waals surface area contributed by atoms with Crippen molar-refractivity contribution in [2.24, 2.45) is 0 Å². The van der Waals surface area contributed by atoms with Gasteiger partial charge < -0.3 is 20.2 Å². The van der Waals surface area contributed by atoms with E-state index in [0.29, 0.717) is 23.0 Å². The number of benzene rings is 2. The number of anilines is 1. The first kappa shape index (κ1) is 27.2. The van der Waals surface area contributed by atoms with Gasteiger partial charge in [0.2, 0.25) is 17.4 Å². The van der Waals surface area contributed by atoms with Gasteiger partial charge in [-0.2, -0.15) is 5.10 Å². The number of aromatic amines is 1. The number of carbonyl (C=O) groups is 1. The molecule has 43 heavy (non-hydrogen) atoms. The molecule has 11 heteroatoms. The highest BCUT2D eigenvalue weighted by molar-refractivity contribution is 6.12. The molecule has 5 aromatic rings. The first-order valence-electron chi connectivity index (χ1n) is 14.3. The summed E-state index contributed by atoms with van der Waals surface area (Å²) in [6.45, 7) is 5.32. The number of para-hydroxylation sites is 1. The van der Waals surface area contributed by atoms with Crippen molar-refractivity contribution in [2.45, 2.75) is 38.8 Å². The maximum Gasteiger partial charge on any atom is 0.219 e. The van der Waals surface area contributed by atoms with Crippen LogP contribution < -0.4 is 10.5 Å². The van der Waals surface area contributed by atoms with Gasteiger partial charge in [-0.3, -0.25) is 9.69 Å². The first-order chi connectivity index (χ1) is 20.9. The molecule has 1 saturated heterocycles. The summed E-state index contributed by atoms with van der Waals surface area (Å²) in [6.07, 6.45) is 5.96. The van der Waals surface area contributed by atoms with E-state index in [1.807, 2.05) is 6.07 Å². The number of nitrogens with one attached hydrogen (secondary N) is 1. The summed E-state index contributed by atoms with van der Waals surface area (Å²) in [5, 5.41) is 5.33. The zero-order chi connectivity index (χ0) is 29.7. The Morgan fingerprint density at radius 1 is 1.09 bits per heavy atom. The number of ether oxygens (including phenoxy) is 2. The number of nitrogen functional groups attached to an aromatic ring is 1. The molecule has 0 bridgehead atoms. The molecular formula is C32H30F2N6O3. The number of nitrogens with two attached hydrogens (primary N) is 1. The summed E-state index contributed by atoms with van der Waals surface area (Å²) in [4.78, 5) is 23.6. The Morgan fingerprint density at radius 3 is 2.65 bits per heavy atom. The van der Waals surface area contributed by atoms with Crippen molar-refractivity contribution < 1.29 is 23.0 Å². The predicted molar refractivity (Wildman–Crippen MR) is 157 cm³/mol. The van der Waals surface area contributed by atoms with Crippen LogP contribution >= 0.6 is 0 Å². The highest BCUT2D eigenvalue weighted by Gasteiger charge is 2.27. The van der Waals surface area contributed by atoms with Crippen LogP contribution in [0.1, 0.15) is 45.6 Å². The van der Waals surface area contributed by atoms with E-state index in [1.54, 1.807) is 6.92 Å². The molecule has 0 atom stereocenters. The molecule has 0 unspecified atom stereocenters. The van der Waals surface area contributed by atoms with Crippen LogP contribution in [0.3, 0.4) is 0 Å². The second kappa shape index (κ2) is 10.9. The Morgan fingerprint density at radius 2 is 1.88 bits per heavy atom. The van der Waals surface area contributed by atoms with E-state index < -0.39 is 17.4 Å². The van der Waals surface area contributed by atoms with Crippen molar-refractivity contribution in [1.82, 2.24) is 24.6 Å². The number of pyridine rings is 1. The number of fused-ring (bicyclic) bond motifs is 2. The molecule has 1 fully saturated rings. The van der Waals surface area contributed by atoms with Crippen LogP contribution in [0.2, 0.25) is 0 Å². The van der Waals surface area contributed by atoms with Crippen LogP contribution in [-0.2, 0) is 17.7 Å². The summed E-state index contributed by atoms with van der Waals surface area (Å²) in [7, 11) is 0. The molecule has 2 aromatic carbocycles. The lowest BCUT2D eigenvalue weighted by Crippen LogP contribution is -2.42. The molecule has 0 radical (unpaired) electrons. The molecule has 3 aromatic heterocycles. The summed E-state index contributed by atoms with van der Waals surface area (Å²) in [5.74, 6) is -2.33. The average molecular weight is 585 g/mol. The third-order valence-corrected chi connectivity index (χ3v) is 8.40. The fourth-order valence-electron chi connectivity index (χ4n) is 6.05. The van der Waals surface area contributed by atoms with E-state index in [2.05, 4.69) is 32.1 Å². The van der Waals surface area contributed by atoms with Crippen LogP contribution in [0.25, 0.3) is 16.6 Å². The normalized spacial score (nSPS) is 16.0. The lowest BCUT2D eigenvalue weighted by molar-refractivity contribution is 0.0291. The van der Waals surface area contributed by atoms with Crippen LogP contribution in [0, 0.1) is 18.6 Å². The Bertz CT molecular complexity index is 1840. The third kappa shape index (κ3) is 5.04. The fraction of sp³-hybridized carbons (Fsp3) is 0.281. The molecule has 2 aliphatic heterocycles. The van der Waals surface area contributed by atoms with Crippen molar-refractivity contribution in [3.05, 3.63) is 94.4 Å². The van der Waals surface area contributed by atoms with Gasteiger partial charge in [0.25, 0.3) is 0 Å². The van der Waals surface area contributed by atoms with Crippen molar-refractivity contribution >= 4 is 22.5 Å². The van der Waals surface area contributed by atoms with Gasteiger partial charge in [-0.1, -0.05) is 6.07 Å². The topological polar surface area (TPSA) is 111 Å². The number of aryl methyl sites for hydroxylation is 1. The maximum atomic E-state index is 14.0. The molecule has 0 amide bonds. The number of H-pyrrole nitrogens is 1. The van der Waals surface area contributed by atoms with Gasteiger partial charge in [-0.25, -0.2) is 18.4 Å². The fourth-order valence-corrected chi connectivity index (χ4v) is 6.05. The number of rotatable bonds is 6. The van der Waals surface area contributed by atoms with E-state index in [4.69, 9.17) is 15.2 Å². The molecule has 3 N–H and O–H groups in total. The smallest absolute Gasteiger partial charge is 0.219 e. The number of halogens is 2. The lowest BCUT2D eigenvalue weighted by atomic mass is 9.95. The molecule has 220 valence electrons. The molecule has 5 heterocycles. The second-order valence-electron chi connectivity index (χ2n) is 11.1. The van der Waals surface area contributed by atoms with E-state index in [9.17, 15) is 13.6 Å². The van der Waals surface area contributed by atoms with Gasteiger partial charge in [0.15, 0.2) is 11.6 Å². The largest absolute Gasteiger partial charge is 0.433 e. The first-order valence-corrected chi connectivity index (χ1v) is 14.3. The number of hydrogen-bond donors (Lipinski definition) is 2. The van der Waals surface area contributed by atoms with E-state index >= 15 is 0 Å². The van der Waals surface area contributed by atoms with Crippen molar-refractivity contribution in [2.75, 3.05) is 25.5 Å². The minimum atomic E-state index is -0.836. The molecule has 0 aliphatic carbocycles. The molecule has 0 spiro atoms. The minimum Gasteiger partial charge on any atom is -0.433 e. The third-order valence-electron chi connectivity index (χ3n) is 8.40. The van der Waals surface area contributed by atoms with Gasteiger partial charge in [0.05, 0.1) is 29.3 Å². The van der Waals surface area contributed by atoms with Gasteiger partial charge >= 0.3 is 0 Å². The SMILES string of the molecule is Cc1cc(Oc2c(F)cccc2F)ncc1-n1ncc(C(=O)c2cc3cc4c(cc3[nH]2)CN(C2CCOCC2)CC4)c1N. The van der Waals surface area contributed by atoms with Crippen LogP contribution in [0.15, 0.2) is 54.9 Å². The highest BCUT2D eigenvalue weighted by atomic mass is 19.1. The molecular weight excluding hydrogens is 554 g/mol. The number of ketones is 1. The van der Waals surface area contributed by atoms with E-state index in [0.717, 1.165) is 68.6 Å². The molecule has 7 rings (SSSR count). The zero-order valence-electron chi connectivity index (χ0n) is 23.6. The monoisotopic (exact) mass is 584 g/mol. The molecule has 0 saturated carbocycles. The molecule has 2 aliphatic rings. The average Bonchev–Trinajstić information content (AvgIpc) is 3.60. The summed E-state index contributed by atoms with van der Waals surface area (Å²) in [6, 6.07) is 11.7. The molecule has 9 nitrogen and oxygen atoms in total. The van der Waals surface area contributed by atoms with E-state index in [1.165, 1.54) is 40.3 Å². The number of carbonyl (C=O) groups excluding carboxylic acids is 1. The number of nitrogens with zero attached hydrogens (tertiary/aromatic N) is 4. The van der Waals surface area contributed by atoms with Crippen LogP contribution in [-0.4, -0.2) is 56.2 Å². The Hall–Kier alpha value is -4.61. The van der Waals surface area contributed by atoms with Gasteiger partial charge in [-0.05, 0) is 73.2 Å². The Labute approximate surface area is 246 Å². The van der Waals surface area contributed by atoms with Gasteiger partial charge in [0, 0.05) is 49.3 Å². The summed E-state index contributed by atoms with van der Waals surface area (Å²) >= 11 is 0. The van der Waals surface area contributed by atoms with Crippen molar-refractivity contribution in [3.63, 3.8) is 0 Å². The number of hydrogen-bond acceptors (Lipinski definition) is 7. The maximum absolute atomic E-state index is 14.0. The quantitative estimate of drug-likeness (QED) is 0.254.